The Hall–Kier alpha value is -4.07. The fourth-order valence-corrected chi connectivity index (χ4v) is 3.37. The van der Waals surface area contributed by atoms with Crippen molar-refractivity contribution >= 4 is 18.2 Å². The van der Waals surface area contributed by atoms with Gasteiger partial charge < -0.3 is 15.5 Å². The second-order valence-electron chi connectivity index (χ2n) is 8.82. The third kappa shape index (κ3) is 9.14. The smallest absolute Gasteiger partial charge is 0.270 e. The second-order valence-corrected chi connectivity index (χ2v) is 8.82. The molecule has 3 aromatic rings. The maximum Gasteiger partial charge on any atom is 0.270 e. The zero-order chi connectivity index (χ0) is 27.4. The summed E-state index contributed by atoms with van der Waals surface area (Å²) in [6, 6.07) is 15.2. The third-order valence-corrected chi connectivity index (χ3v) is 6.04. The molecule has 3 amide bonds. The molecule has 0 bridgehead atoms. The van der Waals surface area contributed by atoms with E-state index in [1.165, 1.54) is 23.5 Å². The highest BCUT2D eigenvalue weighted by atomic mass is 16.2. The quantitative estimate of drug-likeness (QED) is 0.424. The van der Waals surface area contributed by atoms with E-state index in [0.29, 0.717) is 6.54 Å². The van der Waals surface area contributed by atoms with Crippen LogP contribution in [0.25, 0.3) is 0 Å². The molecule has 0 aliphatic heterocycles. The zero-order valence-corrected chi connectivity index (χ0v) is 22.5. The first kappa shape index (κ1) is 29.2. The van der Waals surface area contributed by atoms with Crippen LogP contribution in [-0.2, 0) is 11.3 Å². The Bertz CT molecular complexity index is 1190. The Morgan fingerprint density at radius 1 is 0.892 bits per heavy atom. The molecule has 196 valence electrons. The van der Waals surface area contributed by atoms with Crippen molar-refractivity contribution in [3.05, 3.63) is 94.1 Å². The summed E-state index contributed by atoms with van der Waals surface area (Å²) in [6.07, 6.45) is 2.09. The van der Waals surface area contributed by atoms with Gasteiger partial charge in [-0.3, -0.25) is 14.4 Å². The SMILES string of the molecule is CCN(C=O)CC.Cc1ccc(C(C)NC(=O)c2cc(C(=O)NCc3ccc(C)c(C)c3)ncn2)cc1. The van der Waals surface area contributed by atoms with Crippen molar-refractivity contribution < 1.29 is 14.4 Å². The standard InChI is InChI=1S/C24H26N4O2.C5H11NO/c1-15-5-9-20(10-6-15)18(4)28-24(30)22-12-21(26-14-27-22)23(29)25-13-19-8-7-16(2)17(3)11-19;1-3-6(4-2)5-7/h5-12,14,18H,13H2,1-4H3,(H,25,29)(H,28,30);5H,3-4H2,1-2H3. The monoisotopic (exact) mass is 503 g/mol. The highest BCUT2D eigenvalue weighted by Crippen LogP contribution is 2.14. The van der Waals surface area contributed by atoms with Gasteiger partial charge in [-0.05, 0) is 63.8 Å². The molecule has 8 heteroatoms. The number of carbonyl (C=O) groups is 3. The summed E-state index contributed by atoms with van der Waals surface area (Å²) in [7, 11) is 0. The number of hydrogen-bond acceptors (Lipinski definition) is 5. The van der Waals surface area contributed by atoms with Crippen molar-refractivity contribution in [3.8, 4) is 0 Å². The van der Waals surface area contributed by atoms with Crippen LogP contribution in [0.1, 0.15) is 75.6 Å². The molecule has 1 heterocycles. The van der Waals surface area contributed by atoms with Crippen LogP contribution in [0.4, 0.5) is 0 Å². The van der Waals surface area contributed by atoms with E-state index in [0.717, 1.165) is 36.2 Å². The molecule has 37 heavy (non-hydrogen) atoms. The molecular formula is C29H37N5O3. The van der Waals surface area contributed by atoms with Gasteiger partial charge in [0.05, 0.1) is 6.04 Å². The normalized spacial score (nSPS) is 11.0. The van der Waals surface area contributed by atoms with Crippen molar-refractivity contribution in [1.29, 1.82) is 0 Å². The zero-order valence-electron chi connectivity index (χ0n) is 22.5. The molecule has 2 N–H and O–H groups in total. The van der Waals surface area contributed by atoms with Gasteiger partial charge in [0.2, 0.25) is 6.41 Å². The summed E-state index contributed by atoms with van der Waals surface area (Å²) >= 11 is 0. The van der Waals surface area contributed by atoms with Crippen molar-refractivity contribution in [2.75, 3.05) is 13.1 Å². The van der Waals surface area contributed by atoms with Crippen LogP contribution < -0.4 is 10.6 Å². The molecule has 2 aromatic carbocycles. The minimum Gasteiger partial charge on any atom is -0.347 e. The second kappa shape index (κ2) is 14.5. The van der Waals surface area contributed by atoms with Gasteiger partial charge in [0.15, 0.2) is 0 Å². The number of amides is 3. The van der Waals surface area contributed by atoms with Crippen molar-refractivity contribution in [2.24, 2.45) is 0 Å². The number of hydrogen-bond donors (Lipinski definition) is 2. The maximum atomic E-state index is 12.6. The average Bonchev–Trinajstić information content (AvgIpc) is 2.91. The van der Waals surface area contributed by atoms with Gasteiger partial charge in [0.25, 0.3) is 11.8 Å². The van der Waals surface area contributed by atoms with E-state index in [9.17, 15) is 14.4 Å². The molecule has 0 saturated heterocycles. The number of nitrogens with zero attached hydrogens (tertiary/aromatic N) is 3. The molecule has 0 aliphatic rings. The summed E-state index contributed by atoms with van der Waals surface area (Å²) in [5.74, 6) is -0.704. The lowest BCUT2D eigenvalue weighted by molar-refractivity contribution is -0.117. The molecule has 1 atom stereocenters. The van der Waals surface area contributed by atoms with E-state index in [-0.39, 0.29) is 29.2 Å². The lowest BCUT2D eigenvalue weighted by Gasteiger charge is -2.14. The van der Waals surface area contributed by atoms with Crippen LogP contribution >= 0.6 is 0 Å². The molecule has 1 unspecified atom stereocenters. The summed E-state index contributed by atoms with van der Waals surface area (Å²) in [5, 5.41) is 5.75. The van der Waals surface area contributed by atoms with E-state index in [1.54, 1.807) is 4.90 Å². The highest BCUT2D eigenvalue weighted by Gasteiger charge is 2.16. The molecule has 3 rings (SSSR count). The third-order valence-electron chi connectivity index (χ3n) is 6.04. The first-order chi connectivity index (χ1) is 17.7. The maximum absolute atomic E-state index is 12.6. The molecule has 1 aromatic heterocycles. The predicted octanol–water partition coefficient (Wildman–Crippen LogP) is 4.31. The van der Waals surface area contributed by atoms with Gasteiger partial charge in [-0.2, -0.15) is 0 Å². The number of carbonyl (C=O) groups excluding carboxylic acids is 3. The topological polar surface area (TPSA) is 104 Å². The van der Waals surface area contributed by atoms with E-state index >= 15 is 0 Å². The van der Waals surface area contributed by atoms with Gasteiger partial charge in [-0.15, -0.1) is 0 Å². The van der Waals surface area contributed by atoms with E-state index in [4.69, 9.17) is 0 Å². The number of aromatic nitrogens is 2. The highest BCUT2D eigenvalue weighted by molar-refractivity contribution is 5.97. The van der Waals surface area contributed by atoms with Gasteiger partial charge in [-0.25, -0.2) is 9.97 Å². The fraction of sp³-hybridized carbons (Fsp3) is 0.345. The molecule has 0 aliphatic carbocycles. The minimum absolute atomic E-state index is 0.153. The van der Waals surface area contributed by atoms with Crippen LogP contribution in [0.2, 0.25) is 0 Å². The molecule has 0 radical (unpaired) electrons. The molecule has 0 saturated carbocycles. The predicted molar refractivity (Wildman–Crippen MR) is 145 cm³/mol. The van der Waals surface area contributed by atoms with Gasteiger partial charge in [0, 0.05) is 25.7 Å². The molecule has 0 fully saturated rings. The van der Waals surface area contributed by atoms with E-state index < -0.39 is 0 Å². The Morgan fingerprint density at radius 2 is 1.51 bits per heavy atom. The van der Waals surface area contributed by atoms with Crippen molar-refractivity contribution in [3.63, 3.8) is 0 Å². The molecule has 0 spiro atoms. The lowest BCUT2D eigenvalue weighted by Crippen LogP contribution is -2.29. The van der Waals surface area contributed by atoms with Crippen LogP contribution in [0.15, 0.2) is 54.9 Å². The summed E-state index contributed by atoms with van der Waals surface area (Å²) < 4.78 is 0. The number of rotatable bonds is 9. The minimum atomic E-state index is -0.353. The number of nitrogens with one attached hydrogen (secondary N) is 2. The average molecular weight is 504 g/mol. The van der Waals surface area contributed by atoms with Gasteiger partial charge in [0.1, 0.15) is 17.7 Å². The summed E-state index contributed by atoms with van der Waals surface area (Å²) in [5.41, 5.74) is 5.84. The van der Waals surface area contributed by atoms with Crippen LogP contribution in [0.3, 0.4) is 0 Å². The van der Waals surface area contributed by atoms with E-state index in [2.05, 4.69) is 20.6 Å². The van der Waals surface area contributed by atoms with Crippen LogP contribution in [0.5, 0.6) is 0 Å². The van der Waals surface area contributed by atoms with Gasteiger partial charge in [-0.1, -0.05) is 48.0 Å². The molecular weight excluding hydrogens is 466 g/mol. The fourth-order valence-electron chi connectivity index (χ4n) is 3.37. The van der Waals surface area contributed by atoms with Crippen molar-refractivity contribution in [1.82, 2.24) is 25.5 Å². The first-order valence-electron chi connectivity index (χ1n) is 12.4. The van der Waals surface area contributed by atoms with Crippen LogP contribution in [-0.4, -0.2) is 46.2 Å². The lowest BCUT2D eigenvalue weighted by atomic mass is 10.1. The summed E-state index contributed by atoms with van der Waals surface area (Å²) in [4.78, 5) is 44.7. The van der Waals surface area contributed by atoms with E-state index in [1.807, 2.05) is 84.0 Å². The Labute approximate surface area is 219 Å². The Morgan fingerprint density at radius 3 is 2.05 bits per heavy atom. The number of benzene rings is 2. The Kier molecular flexibility index (Phi) is 11.4. The number of aryl methyl sites for hydroxylation is 3. The van der Waals surface area contributed by atoms with Crippen LogP contribution in [0, 0.1) is 20.8 Å². The first-order valence-corrected chi connectivity index (χ1v) is 12.4. The Balaban J connectivity index is 0.000000604. The molecule has 8 nitrogen and oxygen atoms in total. The van der Waals surface area contributed by atoms with Gasteiger partial charge >= 0.3 is 0 Å². The summed E-state index contributed by atoms with van der Waals surface area (Å²) in [6.45, 7) is 13.9. The largest absolute Gasteiger partial charge is 0.347 e. The van der Waals surface area contributed by atoms with Crippen molar-refractivity contribution in [2.45, 2.75) is 54.1 Å².